The molecule has 0 saturated heterocycles. The summed E-state index contributed by atoms with van der Waals surface area (Å²) < 4.78 is 0. The fourth-order valence-electron chi connectivity index (χ4n) is 2.22. The summed E-state index contributed by atoms with van der Waals surface area (Å²) in [6.45, 7) is 0.853. The first-order valence-corrected chi connectivity index (χ1v) is 5.26. The van der Waals surface area contributed by atoms with Gasteiger partial charge < -0.3 is 11.1 Å². The van der Waals surface area contributed by atoms with Gasteiger partial charge in [-0.05, 0) is 32.4 Å². The topological polar surface area (TPSA) is 38.0 Å². The van der Waals surface area contributed by atoms with E-state index in [1.807, 2.05) is 0 Å². The molecule has 1 fully saturated rings. The Bertz CT molecular complexity index is 100. The molecule has 1 rings (SSSR count). The van der Waals surface area contributed by atoms with E-state index < -0.39 is 0 Å². The number of hydrogen-bond acceptors (Lipinski definition) is 2. The number of hydrogen-bond donors (Lipinski definition) is 2. The molecule has 0 radical (unpaired) electrons. The Balaban J connectivity index is 2.39. The highest BCUT2D eigenvalue weighted by Gasteiger charge is 2.19. The van der Waals surface area contributed by atoms with Gasteiger partial charge in [-0.1, -0.05) is 25.7 Å². The van der Waals surface area contributed by atoms with Gasteiger partial charge in [-0.25, -0.2) is 0 Å². The van der Waals surface area contributed by atoms with Crippen LogP contribution in [-0.4, -0.2) is 19.6 Å². The second-order valence-electron chi connectivity index (χ2n) is 3.88. The Kier molecular flexibility index (Phi) is 4.62. The molecule has 0 aromatic rings. The summed E-state index contributed by atoms with van der Waals surface area (Å²) in [7, 11) is 2.06. The molecule has 72 valence electrons. The average molecular weight is 170 g/mol. The molecule has 2 unspecified atom stereocenters. The van der Waals surface area contributed by atoms with Crippen molar-refractivity contribution in [3.05, 3.63) is 0 Å². The highest BCUT2D eigenvalue weighted by atomic mass is 14.9. The van der Waals surface area contributed by atoms with E-state index in [0.717, 1.165) is 12.5 Å². The Morgan fingerprint density at radius 1 is 1.17 bits per heavy atom. The first kappa shape index (κ1) is 10.0. The lowest BCUT2D eigenvalue weighted by Gasteiger charge is -2.27. The maximum Gasteiger partial charge on any atom is 0.0104 e. The van der Waals surface area contributed by atoms with Crippen LogP contribution in [0, 0.1) is 5.92 Å². The average Bonchev–Trinajstić information content (AvgIpc) is 2.05. The number of nitrogens with one attached hydrogen (secondary N) is 1. The quantitative estimate of drug-likeness (QED) is 0.659. The second-order valence-corrected chi connectivity index (χ2v) is 3.88. The zero-order valence-corrected chi connectivity index (χ0v) is 8.18. The predicted molar refractivity (Wildman–Crippen MR) is 53.1 cm³/mol. The van der Waals surface area contributed by atoms with Crippen LogP contribution in [0.3, 0.4) is 0 Å². The summed E-state index contributed by atoms with van der Waals surface area (Å²) in [5.74, 6) is 0.718. The molecule has 0 amide bonds. The third-order valence-corrected chi connectivity index (χ3v) is 3.08. The van der Waals surface area contributed by atoms with Crippen molar-refractivity contribution in [2.24, 2.45) is 11.7 Å². The van der Waals surface area contributed by atoms with Crippen LogP contribution < -0.4 is 11.1 Å². The molecule has 0 aromatic heterocycles. The SMILES string of the molecule is CNC1CCCCCCC1CN. The molecule has 0 aliphatic heterocycles. The summed E-state index contributed by atoms with van der Waals surface area (Å²) in [5, 5.41) is 3.39. The highest BCUT2D eigenvalue weighted by Crippen LogP contribution is 2.21. The molecule has 0 bridgehead atoms. The number of nitrogens with two attached hydrogens (primary N) is 1. The van der Waals surface area contributed by atoms with Gasteiger partial charge >= 0.3 is 0 Å². The number of rotatable bonds is 2. The van der Waals surface area contributed by atoms with E-state index in [9.17, 15) is 0 Å². The molecule has 2 nitrogen and oxygen atoms in total. The minimum atomic E-state index is 0.676. The molecular formula is C10H22N2. The minimum Gasteiger partial charge on any atom is -0.330 e. The predicted octanol–water partition coefficient (Wildman–Crippen LogP) is 1.50. The summed E-state index contributed by atoms with van der Waals surface area (Å²) in [4.78, 5) is 0. The minimum absolute atomic E-state index is 0.676. The van der Waals surface area contributed by atoms with Crippen LogP contribution in [0.4, 0.5) is 0 Å². The fourth-order valence-corrected chi connectivity index (χ4v) is 2.22. The van der Waals surface area contributed by atoms with Gasteiger partial charge in [-0.15, -0.1) is 0 Å². The zero-order chi connectivity index (χ0) is 8.81. The van der Waals surface area contributed by atoms with Crippen LogP contribution in [-0.2, 0) is 0 Å². The van der Waals surface area contributed by atoms with Crippen molar-refractivity contribution in [3.63, 3.8) is 0 Å². The molecule has 1 aliphatic carbocycles. The third kappa shape index (κ3) is 2.76. The van der Waals surface area contributed by atoms with Crippen molar-refractivity contribution in [1.82, 2.24) is 5.32 Å². The molecular weight excluding hydrogens is 148 g/mol. The van der Waals surface area contributed by atoms with Gasteiger partial charge in [0, 0.05) is 6.04 Å². The van der Waals surface area contributed by atoms with E-state index in [4.69, 9.17) is 5.73 Å². The van der Waals surface area contributed by atoms with Crippen molar-refractivity contribution >= 4 is 0 Å². The Hall–Kier alpha value is -0.0800. The molecule has 12 heavy (non-hydrogen) atoms. The van der Waals surface area contributed by atoms with E-state index in [0.29, 0.717) is 6.04 Å². The molecule has 0 heterocycles. The molecule has 2 atom stereocenters. The molecule has 1 saturated carbocycles. The zero-order valence-electron chi connectivity index (χ0n) is 8.18. The van der Waals surface area contributed by atoms with Crippen molar-refractivity contribution in [2.75, 3.05) is 13.6 Å². The maximum atomic E-state index is 5.75. The van der Waals surface area contributed by atoms with Crippen LogP contribution in [0.2, 0.25) is 0 Å². The van der Waals surface area contributed by atoms with Crippen LogP contribution in [0.25, 0.3) is 0 Å². The Morgan fingerprint density at radius 3 is 2.42 bits per heavy atom. The van der Waals surface area contributed by atoms with Crippen molar-refractivity contribution in [1.29, 1.82) is 0 Å². The van der Waals surface area contributed by atoms with Gasteiger partial charge in [0.25, 0.3) is 0 Å². The first-order chi connectivity index (χ1) is 5.88. The van der Waals surface area contributed by atoms with Crippen LogP contribution in [0.5, 0.6) is 0 Å². The fraction of sp³-hybridized carbons (Fsp3) is 1.00. The second kappa shape index (κ2) is 5.55. The van der Waals surface area contributed by atoms with Gasteiger partial charge in [-0.3, -0.25) is 0 Å². The maximum absolute atomic E-state index is 5.75. The van der Waals surface area contributed by atoms with Gasteiger partial charge in [0.2, 0.25) is 0 Å². The monoisotopic (exact) mass is 170 g/mol. The van der Waals surface area contributed by atoms with Crippen molar-refractivity contribution < 1.29 is 0 Å². The van der Waals surface area contributed by atoms with Gasteiger partial charge in [0.1, 0.15) is 0 Å². The van der Waals surface area contributed by atoms with Gasteiger partial charge in [0.05, 0.1) is 0 Å². The van der Waals surface area contributed by atoms with E-state index in [2.05, 4.69) is 12.4 Å². The largest absolute Gasteiger partial charge is 0.330 e. The summed E-state index contributed by atoms with van der Waals surface area (Å²) in [6.07, 6.45) is 8.21. The highest BCUT2D eigenvalue weighted by molar-refractivity contribution is 4.77. The lowest BCUT2D eigenvalue weighted by atomic mass is 9.87. The first-order valence-electron chi connectivity index (χ1n) is 5.26. The van der Waals surface area contributed by atoms with E-state index >= 15 is 0 Å². The molecule has 0 spiro atoms. The van der Waals surface area contributed by atoms with Crippen molar-refractivity contribution in [2.45, 2.75) is 44.6 Å². The van der Waals surface area contributed by atoms with Crippen LogP contribution in [0.1, 0.15) is 38.5 Å². The summed E-state index contributed by atoms with van der Waals surface area (Å²) in [5.41, 5.74) is 5.75. The summed E-state index contributed by atoms with van der Waals surface area (Å²) in [6, 6.07) is 0.676. The summed E-state index contributed by atoms with van der Waals surface area (Å²) >= 11 is 0. The van der Waals surface area contributed by atoms with Gasteiger partial charge in [0.15, 0.2) is 0 Å². The molecule has 3 N–H and O–H groups in total. The third-order valence-electron chi connectivity index (χ3n) is 3.08. The lowest BCUT2D eigenvalue weighted by Crippen LogP contribution is -2.38. The lowest BCUT2D eigenvalue weighted by molar-refractivity contribution is 0.303. The van der Waals surface area contributed by atoms with Gasteiger partial charge in [-0.2, -0.15) is 0 Å². The molecule has 0 aromatic carbocycles. The van der Waals surface area contributed by atoms with E-state index in [-0.39, 0.29) is 0 Å². The Labute approximate surface area is 75.9 Å². The Morgan fingerprint density at radius 2 is 1.83 bits per heavy atom. The van der Waals surface area contributed by atoms with E-state index in [1.54, 1.807) is 0 Å². The molecule has 1 aliphatic rings. The standard InChI is InChI=1S/C10H22N2/c1-12-10-7-5-3-2-4-6-9(10)8-11/h9-10,12H,2-8,11H2,1H3. The molecule has 2 heteroatoms. The smallest absolute Gasteiger partial charge is 0.0104 e. The van der Waals surface area contributed by atoms with Crippen LogP contribution >= 0.6 is 0 Å². The van der Waals surface area contributed by atoms with E-state index in [1.165, 1.54) is 38.5 Å². The van der Waals surface area contributed by atoms with Crippen LogP contribution in [0.15, 0.2) is 0 Å². The normalized spacial score (nSPS) is 32.5. The van der Waals surface area contributed by atoms with Crippen molar-refractivity contribution in [3.8, 4) is 0 Å².